The van der Waals surface area contributed by atoms with Crippen LogP contribution in [0.25, 0.3) is 0 Å². The van der Waals surface area contributed by atoms with Gasteiger partial charge in [0.05, 0.1) is 6.07 Å². The second kappa shape index (κ2) is 7.00. The average Bonchev–Trinajstić information content (AvgIpc) is 2.76. The van der Waals surface area contributed by atoms with Gasteiger partial charge >= 0.3 is 0 Å². The number of hydrogen-bond acceptors (Lipinski definition) is 3. The molecule has 1 rings (SSSR count). The highest BCUT2D eigenvalue weighted by Gasteiger charge is 2.33. The highest BCUT2D eigenvalue weighted by Crippen LogP contribution is 2.17. The Kier molecular flexibility index (Phi) is 5.63. The second-order valence-electron chi connectivity index (χ2n) is 4.53. The third-order valence-electron chi connectivity index (χ3n) is 3.22. The number of hydrogen-bond donors (Lipinski definition) is 0. The van der Waals surface area contributed by atoms with Gasteiger partial charge in [0.2, 0.25) is 11.8 Å². The fourth-order valence-electron chi connectivity index (χ4n) is 2.36. The molecule has 18 heavy (non-hydrogen) atoms. The van der Waals surface area contributed by atoms with Gasteiger partial charge in [0.25, 0.3) is 0 Å². The maximum atomic E-state index is 12.4. The molecule has 0 saturated carbocycles. The third kappa shape index (κ3) is 3.22. The summed E-state index contributed by atoms with van der Waals surface area (Å²) in [6.07, 6.45) is 2.79. The zero-order valence-electron chi connectivity index (χ0n) is 11.2. The second-order valence-corrected chi connectivity index (χ2v) is 4.53. The molecule has 0 aliphatic carbocycles. The molecule has 1 aliphatic heterocycles. The van der Waals surface area contributed by atoms with Crippen LogP contribution in [-0.2, 0) is 9.59 Å². The summed E-state index contributed by atoms with van der Waals surface area (Å²) in [6.45, 7) is 5.22. The lowest BCUT2D eigenvalue weighted by Crippen LogP contribution is -2.49. The van der Waals surface area contributed by atoms with Crippen molar-refractivity contribution in [3.63, 3.8) is 0 Å². The molecule has 100 valence electrons. The maximum Gasteiger partial charge on any atom is 0.246 e. The summed E-state index contributed by atoms with van der Waals surface area (Å²) in [5.41, 5.74) is 0. The average molecular weight is 251 g/mol. The minimum absolute atomic E-state index is 0.0589. The molecule has 5 nitrogen and oxygen atoms in total. The molecule has 1 atom stereocenters. The van der Waals surface area contributed by atoms with Gasteiger partial charge in [-0.15, -0.1) is 0 Å². The Bertz CT molecular complexity index is 349. The van der Waals surface area contributed by atoms with E-state index in [2.05, 4.69) is 0 Å². The molecular weight excluding hydrogens is 230 g/mol. The molecule has 0 aromatic carbocycles. The van der Waals surface area contributed by atoms with Crippen LogP contribution in [0.1, 0.15) is 39.5 Å². The van der Waals surface area contributed by atoms with Crippen molar-refractivity contribution in [1.82, 2.24) is 9.80 Å². The number of nitrogens with zero attached hydrogens (tertiary/aromatic N) is 3. The largest absolute Gasteiger partial charge is 0.331 e. The summed E-state index contributed by atoms with van der Waals surface area (Å²) in [6, 6.07) is 1.63. The lowest BCUT2D eigenvalue weighted by atomic mass is 10.1. The van der Waals surface area contributed by atoms with E-state index in [1.165, 1.54) is 0 Å². The molecule has 0 unspecified atom stereocenters. The molecule has 1 saturated heterocycles. The number of nitriles is 1. The zero-order chi connectivity index (χ0) is 13.5. The van der Waals surface area contributed by atoms with Crippen LogP contribution in [-0.4, -0.2) is 47.3 Å². The Morgan fingerprint density at radius 2 is 2.28 bits per heavy atom. The van der Waals surface area contributed by atoms with Crippen LogP contribution in [0.2, 0.25) is 0 Å². The Morgan fingerprint density at radius 1 is 1.56 bits per heavy atom. The van der Waals surface area contributed by atoms with Gasteiger partial charge in [-0.05, 0) is 19.3 Å². The summed E-state index contributed by atoms with van der Waals surface area (Å²) >= 11 is 0. The Labute approximate surface area is 108 Å². The van der Waals surface area contributed by atoms with Gasteiger partial charge in [-0.2, -0.15) is 5.26 Å². The van der Waals surface area contributed by atoms with Crippen LogP contribution in [0.15, 0.2) is 0 Å². The van der Waals surface area contributed by atoms with E-state index >= 15 is 0 Å². The molecular formula is C13H21N3O2. The van der Waals surface area contributed by atoms with E-state index in [1.54, 1.807) is 9.80 Å². The van der Waals surface area contributed by atoms with Crippen molar-refractivity contribution in [1.29, 1.82) is 5.26 Å². The standard InChI is InChI=1S/C13H21N3O2/c1-3-8-15(10-7-14)13(18)11(4-2)16-9-5-6-12(16)17/h11H,3-6,8-10H2,1-2H3/t11-/m0/s1. The first-order chi connectivity index (χ1) is 8.65. The van der Waals surface area contributed by atoms with Gasteiger partial charge in [0.1, 0.15) is 12.6 Å². The van der Waals surface area contributed by atoms with Crippen molar-refractivity contribution in [3.05, 3.63) is 0 Å². The molecule has 1 aliphatic rings. The topological polar surface area (TPSA) is 64.4 Å². The maximum absolute atomic E-state index is 12.4. The van der Waals surface area contributed by atoms with Crippen molar-refractivity contribution >= 4 is 11.8 Å². The number of carbonyl (C=O) groups is 2. The summed E-state index contributed by atoms with van der Waals surface area (Å²) in [7, 11) is 0. The van der Waals surface area contributed by atoms with E-state index < -0.39 is 0 Å². The van der Waals surface area contributed by atoms with Crippen LogP contribution < -0.4 is 0 Å². The van der Waals surface area contributed by atoms with Crippen molar-refractivity contribution in [3.8, 4) is 6.07 Å². The Morgan fingerprint density at radius 3 is 2.72 bits per heavy atom. The SMILES string of the molecule is CCCN(CC#N)C(=O)[C@H](CC)N1CCCC1=O. The quantitative estimate of drug-likeness (QED) is 0.665. The lowest BCUT2D eigenvalue weighted by Gasteiger charge is -2.30. The summed E-state index contributed by atoms with van der Waals surface area (Å²) in [5.74, 6) is -0.0280. The fraction of sp³-hybridized carbons (Fsp3) is 0.769. The Hall–Kier alpha value is -1.57. The van der Waals surface area contributed by atoms with Gasteiger partial charge in [-0.1, -0.05) is 13.8 Å². The first kappa shape index (κ1) is 14.5. The van der Waals surface area contributed by atoms with Crippen LogP contribution in [0.5, 0.6) is 0 Å². The number of rotatable bonds is 6. The predicted molar refractivity (Wildman–Crippen MR) is 67.5 cm³/mol. The highest BCUT2D eigenvalue weighted by atomic mass is 16.2. The molecule has 2 amide bonds. The third-order valence-corrected chi connectivity index (χ3v) is 3.22. The fourth-order valence-corrected chi connectivity index (χ4v) is 2.36. The molecule has 0 aromatic rings. The Balaban J connectivity index is 2.76. The van der Waals surface area contributed by atoms with E-state index in [0.717, 1.165) is 12.8 Å². The summed E-state index contributed by atoms with van der Waals surface area (Å²) in [5, 5.41) is 8.76. The summed E-state index contributed by atoms with van der Waals surface area (Å²) < 4.78 is 0. The minimum Gasteiger partial charge on any atom is -0.331 e. The van der Waals surface area contributed by atoms with Crippen LogP contribution in [0.4, 0.5) is 0 Å². The molecule has 1 fully saturated rings. The van der Waals surface area contributed by atoms with Crippen LogP contribution in [0.3, 0.4) is 0 Å². The van der Waals surface area contributed by atoms with Gasteiger partial charge in [-0.25, -0.2) is 0 Å². The molecule has 0 radical (unpaired) electrons. The zero-order valence-corrected chi connectivity index (χ0v) is 11.2. The van der Waals surface area contributed by atoms with E-state index in [-0.39, 0.29) is 24.4 Å². The molecule has 1 heterocycles. The van der Waals surface area contributed by atoms with Gasteiger partial charge < -0.3 is 9.80 Å². The first-order valence-electron chi connectivity index (χ1n) is 6.60. The monoisotopic (exact) mass is 251 g/mol. The van der Waals surface area contributed by atoms with Crippen molar-refractivity contribution in [2.24, 2.45) is 0 Å². The van der Waals surface area contributed by atoms with Crippen LogP contribution >= 0.6 is 0 Å². The highest BCUT2D eigenvalue weighted by molar-refractivity contribution is 5.88. The molecule has 0 bridgehead atoms. The lowest BCUT2D eigenvalue weighted by molar-refractivity contribution is -0.143. The normalized spacial score (nSPS) is 16.5. The van der Waals surface area contributed by atoms with Gasteiger partial charge in [-0.3, -0.25) is 9.59 Å². The van der Waals surface area contributed by atoms with Crippen molar-refractivity contribution in [2.45, 2.75) is 45.6 Å². The summed E-state index contributed by atoms with van der Waals surface area (Å²) in [4.78, 5) is 27.3. The van der Waals surface area contributed by atoms with E-state index in [1.807, 2.05) is 19.9 Å². The first-order valence-corrected chi connectivity index (χ1v) is 6.60. The minimum atomic E-state index is -0.389. The molecule has 0 aromatic heterocycles. The molecule has 0 spiro atoms. The van der Waals surface area contributed by atoms with Gasteiger partial charge in [0.15, 0.2) is 0 Å². The van der Waals surface area contributed by atoms with Crippen molar-refractivity contribution < 1.29 is 9.59 Å². The van der Waals surface area contributed by atoms with E-state index in [4.69, 9.17) is 5.26 Å². The van der Waals surface area contributed by atoms with Gasteiger partial charge in [0, 0.05) is 19.5 Å². The number of amides is 2. The van der Waals surface area contributed by atoms with Crippen LogP contribution in [0, 0.1) is 11.3 Å². The van der Waals surface area contributed by atoms with E-state index in [0.29, 0.717) is 25.9 Å². The number of carbonyl (C=O) groups excluding carboxylic acids is 2. The van der Waals surface area contributed by atoms with E-state index in [9.17, 15) is 9.59 Å². The molecule has 5 heteroatoms. The smallest absolute Gasteiger partial charge is 0.246 e. The molecule has 0 N–H and O–H groups in total. The van der Waals surface area contributed by atoms with Crippen molar-refractivity contribution in [2.75, 3.05) is 19.6 Å². The predicted octanol–water partition coefficient (Wildman–Crippen LogP) is 1.15. The number of likely N-dealkylation sites (tertiary alicyclic amines) is 1.